The number of methoxy groups -OCH3 is 1. The lowest BCUT2D eigenvalue weighted by Crippen LogP contribution is -2.33. The average molecular weight is 404 g/mol. The number of amides is 1. The largest absolute Gasteiger partial charge is 0.497 e. The number of ether oxygens (including phenoxy) is 1. The molecule has 0 bridgehead atoms. The summed E-state index contributed by atoms with van der Waals surface area (Å²) < 4.78 is 6.15. The van der Waals surface area contributed by atoms with Crippen molar-refractivity contribution in [2.75, 3.05) is 39.2 Å². The predicted octanol–water partition coefficient (Wildman–Crippen LogP) is 4.56. The lowest BCUT2D eigenvalue weighted by Gasteiger charge is -2.21. The first-order chi connectivity index (χ1) is 13.0. The van der Waals surface area contributed by atoms with Crippen molar-refractivity contribution in [2.45, 2.75) is 6.42 Å². The van der Waals surface area contributed by atoms with Gasteiger partial charge in [-0.25, -0.2) is 4.98 Å². The van der Waals surface area contributed by atoms with Crippen molar-refractivity contribution in [3.05, 3.63) is 53.1 Å². The van der Waals surface area contributed by atoms with Crippen LogP contribution in [0, 0.1) is 0 Å². The highest BCUT2D eigenvalue weighted by atomic mass is 35.5. The zero-order valence-corrected chi connectivity index (χ0v) is 17.2. The summed E-state index contributed by atoms with van der Waals surface area (Å²) in [4.78, 5) is 21.7. The first-order valence-corrected chi connectivity index (χ1v) is 9.84. The van der Waals surface area contributed by atoms with Crippen LogP contribution in [0.4, 0.5) is 5.13 Å². The van der Waals surface area contributed by atoms with Crippen molar-refractivity contribution in [1.29, 1.82) is 0 Å². The van der Waals surface area contributed by atoms with Crippen LogP contribution in [0.25, 0.3) is 10.2 Å². The van der Waals surface area contributed by atoms with Gasteiger partial charge in [0.25, 0.3) is 5.91 Å². The van der Waals surface area contributed by atoms with Crippen LogP contribution in [0.15, 0.2) is 42.5 Å². The number of nitrogens with zero attached hydrogens (tertiary/aromatic N) is 3. The first kappa shape index (κ1) is 19.6. The molecule has 0 aliphatic carbocycles. The van der Waals surface area contributed by atoms with E-state index in [4.69, 9.17) is 16.3 Å². The zero-order valence-electron chi connectivity index (χ0n) is 15.6. The highest BCUT2D eigenvalue weighted by Gasteiger charge is 2.21. The Hall–Kier alpha value is -2.15. The maximum absolute atomic E-state index is 13.2. The Kier molecular flexibility index (Phi) is 6.31. The second-order valence-corrected chi connectivity index (χ2v) is 7.90. The van der Waals surface area contributed by atoms with Crippen molar-refractivity contribution < 1.29 is 9.53 Å². The summed E-state index contributed by atoms with van der Waals surface area (Å²) >= 11 is 7.57. The number of carbonyl (C=O) groups excluding carboxylic acids is 1. The van der Waals surface area contributed by atoms with Gasteiger partial charge in [0, 0.05) is 17.1 Å². The number of halogens is 1. The third-order valence-corrected chi connectivity index (χ3v) is 5.42. The van der Waals surface area contributed by atoms with E-state index in [2.05, 4.69) is 9.88 Å². The molecule has 0 fully saturated rings. The molecule has 0 unspecified atom stereocenters. The van der Waals surface area contributed by atoms with E-state index in [0.29, 0.717) is 22.3 Å². The van der Waals surface area contributed by atoms with Crippen LogP contribution in [-0.4, -0.2) is 50.1 Å². The number of fused-ring (bicyclic) bond motifs is 1. The van der Waals surface area contributed by atoms with Crippen molar-refractivity contribution in [3.63, 3.8) is 0 Å². The van der Waals surface area contributed by atoms with Gasteiger partial charge in [-0.1, -0.05) is 22.9 Å². The SMILES string of the molecule is COc1ccc(C(=O)N(CCCN(C)C)c2nc3ccc(Cl)cc3s2)cc1. The molecule has 0 spiro atoms. The summed E-state index contributed by atoms with van der Waals surface area (Å²) in [5.74, 6) is 0.655. The molecule has 0 N–H and O–H groups in total. The van der Waals surface area contributed by atoms with Crippen LogP contribution in [0.1, 0.15) is 16.8 Å². The van der Waals surface area contributed by atoms with E-state index >= 15 is 0 Å². The van der Waals surface area contributed by atoms with Gasteiger partial charge in [-0.2, -0.15) is 0 Å². The number of benzene rings is 2. The Labute approximate surface area is 168 Å². The molecule has 0 aliphatic heterocycles. The molecule has 0 aliphatic rings. The fourth-order valence-electron chi connectivity index (χ4n) is 2.72. The number of thiazole rings is 1. The van der Waals surface area contributed by atoms with E-state index < -0.39 is 0 Å². The second kappa shape index (κ2) is 8.69. The Balaban J connectivity index is 1.91. The highest BCUT2D eigenvalue weighted by Crippen LogP contribution is 2.31. The van der Waals surface area contributed by atoms with Crippen molar-refractivity contribution >= 4 is 44.2 Å². The van der Waals surface area contributed by atoms with Gasteiger partial charge in [0.2, 0.25) is 0 Å². The topological polar surface area (TPSA) is 45.7 Å². The molecule has 3 aromatic rings. The number of hydrogen-bond acceptors (Lipinski definition) is 5. The molecule has 1 heterocycles. The normalized spacial score (nSPS) is 11.1. The highest BCUT2D eigenvalue weighted by molar-refractivity contribution is 7.22. The molecule has 27 heavy (non-hydrogen) atoms. The molecule has 1 aromatic heterocycles. The number of carbonyl (C=O) groups is 1. The quantitative estimate of drug-likeness (QED) is 0.580. The van der Waals surface area contributed by atoms with Crippen molar-refractivity contribution in [2.24, 2.45) is 0 Å². The van der Waals surface area contributed by atoms with E-state index in [1.54, 1.807) is 36.3 Å². The van der Waals surface area contributed by atoms with Gasteiger partial charge in [0.1, 0.15) is 5.75 Å². The number of rotatable bonds is 7. The fraction of sp³-hybridized carbons (Fsp3) is 0.300. The predicted molar refractivity (Wildman–Crippen MR) is 112 cm³/mol. The maximum atomic E-state index is 13.2. The first-order valence-electron chi connectivity index (χ1n) is 8.64. The number of anilines is 1. The van der Waals surface area contributed by atoms with Crippen molar-refractivity contribution in [3.8, 4) is 5.75 Å². The molecule has 7 heteroatoms. The van der Waals surface area contributed by atoms with Gasteiger partial charge >= 0.3 is 0 Å². The van der Waals surface area contributed by atoms with Crippen LogP contribution in [0.2, 0.25) is 5.02 Å². The molecular formula is C20H22ClN3O2S. The van der Waals surface area contributed by atoms with E-state index in [0.717, 1.165) is 28.9 Å². The average Bonchev–Trinajstić information content (AvgIpc) is 3.07. The third kappa shape index (κ3) is 4.77. The van der Waals surface area contributed by atoms with Gasteiger partial charge in [0.05, 0.1) is 17.3 Å². The standard InChI is InChI=1S/C20H22ClN3O2S/c1-23(2)11-4-12-24(19(25)14-5-8-16(26-3)9-6-14)20-22-17-10-7-15(21)13-18(17)27-20/h5-10,13H,4,11-12H2,1-3H3. The van der Waals surface area contributed by atoms with Crippen LogP contribution in [0.5, 0.6) is 5.75 Å². The van der Waals surface area contributed by atoms with Crippen LogP contribution in [-0.2, 0) is 0 Å². The fourth-order valence-corrected chi connectivity index (χ4v) is 3.99. The van der Waals surface area contributed by atoms with Crippen LogP contribution in [0.3, 0.4) is 0 Å². The minimum absolute atomic E-state index is 0.0680. The molecule has 1 amide bonds. The molecule has 2 aromatic carbocycles. The summed E-state index contributed by atoms with van der Waals surface area (Å²) in [6.07, 6.45) is 0.853. The molecule has 3 rings (SSSR count). The smallest absolute Gasteiger partial charge is 0.260 e. The van der Waals surface area contributed by atoms with E-state index in [9.17, 15) is 4.79 Å². The number of aromatic nitrogens is 1. The summed E-state index contributed by atoms with van der Waals surface area (Å²) in [6, 6.07) is 12.7. The zero-order chi connectivity index (χ0) is 19.4. The van der Waals surface area contributed by atoms with Crippen LogP contribution < -0.4 is 9.64 Å². The molecule has 0 saturated heterocycles. The van der Waals surface area contributed by atoms with E-state index in [1.165, 1.54) is 11.3 Å². The van der Waals surface area contributed by atoms with Crippen LogP contribution >= 0.6 is 22.9 Å². The lowest BCUT2D eigenvalue weighted by molar-refractivity contribution is 0.0986. The molecular weight excluding hydrogens is 382 g/mol. The summed E-state index contributed by atoms with van der Waals surface area (Å²) in [5, 5.41) is 1.35. The van der Waals surface area contributed by atoms with E-state index in [-0.39, 0.29) is 5.91 Å². The van der Waals surface area contributed by atoms with Gasteiger partial charge in [0.15, 0.2) is 5.13 Å². The van der Waals surface area contributed by atoms with Gasteiger partial charge in [-0.3, -0.25) is 9.69 Å². The van der Waals surface area contributed by atoms with Gasteiger partial charge in [-0.15, -0.1) is 0 Å². The maximum Gasteiger partial charge on any atom is 0.260 e. The number of hydrogen-bond donors (Lipinski definition) is 0. The Bertz CT molecular complexity index is 925. The third-order valence-electron chi connectivity index (χ3n) is 4.14. The molecule has 142 valence electrons. The van der Waals surface area contributed by atoms with Gasteiger partial charge < -0.3 is 9.64 Å². The van der Waals surface area contributed by atoms with Gasteiger partial charge in [-0.05, 0) is 69.5 Å². The van der Waals surface area contributed by atoms with E-state index in [1.807, 2.05) is 32.3 Å². The monoisotopic (exact) mass is 403 g/mol. The summed E-state index contributed by atoms with van der Waals surface area (Å²) in [7, 11) is 5.65. The second-order valence-electron chi connectivity index (χ2n) is 6.45. The lowest BCUT2D eigenvalue weighted by atomic mass is 10.2. The minimum Gasteiger partial charge on any atom is -0.497 e. The molecule has 0 atom stereocenters. The summed E-state index contributed by atoms with van der Waals surface area (Å²) in [6.45, 7) is 1.49. The summed E-state index contributed by atoms with van der Waals surface area (Å²) in [5.41, 5.74) is 1.46. The Morgan fingerprint density at radius 1 is 1.15 bits per heavy atom. The molecule has 0 saturated carbocycles. The molecule has 5 nitrogen and oxygen atoms in total. The minimum atomic E-state index is -0.0680. The molecule has 0 radical (unpaired) electrons. The Morgan fingerprint density at radius 2 is 1.89 bits per heavy atom. The Morgan fingerprint density at radius 3 is 2.56 bits per heavy atom. The van der Waals surface area contributed by atoms with Crippen molar-refractivity contribution in [1.82, 2.24) is 9.88 Å².